The van der Waals surface area contributed by atoms with Crippen molar-refractivity contribution in [3.63, 3.8) is 0 Å². The van der Waals surface area contributed by atoms with Crippen LogP contribution in [0, 0.1) is 0 Å². The van der Waals surface area contributed by atoms with Crippen LogP contribution in [0.2, 0.25) is 5.15 Å². The molecule has 1 fully saturated rings. The summed E-state index contributed by atoms with van der Waals surface area (Å²) in [6.07, 6.45) is 1.25. The summed E-state index contributed by atoms with van der Waals surface area (Å²) in [5, 5.41) is 17.3. The maximum atomic E-state index is 9.18. The van der Waals surface area contributed by atoms with Crippen LogP contribution in [0.15, 0.2) is 6.07 Å². The Bertz CT molecular complexity index is 340. The quantitative estimate of drug-likeness (QED) is 0.808. The molecule has 0 spiro atoms. The molecule has 14 heavy (non-hydrogen) atoms. The Balaban J connectivity index is 2.24. The van der Waals surface area contributed by atoms with Gasteiger partial charge < -0.3 is 9.84 Å². The molecule has 1 N–H and O–H groups in total. The molecule has 76 valence electrons. The van der Waals surface area contributed by atoms with Crippen LogP contribution in [0.3, 0.4) is 0 Å². The van der Waals surface area contributed by atoms with Gasteiger partial charge in [0.05, 0.1) is 13.2 Å². The van der Waals surface area contributed by atoms with E-state index in [9.17, 15) is 5.11 Å². The molecule has 0 bridgehead atoms. The van der Waals surface area contributed by atoms with Gasteiger partial charge in [-0.05, 0) is 12.8 Å². The van der Waals surface area contributed by atoms with Gasteiger partial charge in [-0.3, -0.25) is 0 Å². The van der Waals surface area contributed by atoms with E-state index in [4.69, 9.17) is 16.3 Å². The SMILES string of the molecule is COc1cc(Cl)nnc1C1CC(O)C1. The van der Waals surface area contributed by atoms with E-state index in [0.717, 1.165) is 18.5 Å². The molecule has 0 radical (unpaired) electrons. The molecule has 1 aromatic rings. The van der Waals surface area contributed by atoms with Crippen molar-refractivity contribution in [2.24, 2.45) is 0 Å². The highest BCUT2D eigenvalue weighted by Crippen LogP contribution is 2.39. The minimum Gasteiger partial charge on any atom is -0.495 e. The standard InChI is InChI=1S/C9H11ClN2O2/c1-14-7-4-8(10)11-12-9(7)5-2-6(13)3-5/h4-6,13H,2-3H2,1H3. The van der Waals surface area contributed by atoms with E-state index in [1.807, 2.05) is 0 Å². The van der Waals surface area contributed by atoms with Crippen LogP contribution in [-0.4, -0.2) is 28.5 Å². The van der Waals surface area contributed by atoms with Gasteiger partial charge in [-0.1, -0.05) is 11.6 Å². The lowest BCUT2D eigenvalue weighted by Crippen LogP contribution is -2.27. The van der Waals surface area contributed by atoms with Crippen molar-refractivity contribution in [1.29, 1.82) is 0 Å². The fraction of sp³-hybridized carbons (Fsp3) is 0.556. The summed E-state index contributed by atoms with van der Waals surface area (Å²) in [6, 6.07) is 1.65. The first-order chi connectivity index (χ1) is 6.70. The smallest absolute Gasteiger partial charge is 0.155 e. The van der Waals surface area contributed by atoms with Crippen molar-refractivity contribution in [1.82, 2.24) is 10.2 Å². The summed E-state index contributed by atoms with van der Waals surface area (Å²) in [7, 11) is 1.58. The topological polar surface area (TPSA) is 55.2 Å². The Morgan fingerprint density at radius 3 is 2.79 bits per heavy atom. The molecule has 1 aliphatic rings. The van der Waals surface area contributed by atoms with Gasteiger partial charge in [0.1, 0.15) is 11.4 Å². The molecule has 0 saturated heterocycles. The zero-order valence-electron chi connectivity index (χ0n) is 7.77. The van der Waals surface area contributed by atoms with E-state index < -0.39 is 0 Å². The highest BCUT2D eigenvalue weighted by Gasteiger charge is 2.32. The third kappa shape index (κ3) is 1.67. The molecule has 4 nitrogen and oxygen atoms in total. The van der Waals surface area contributed by atoms with Crippen LogP contribution in [0.5, 0.6) is 5.75 Å². The van der Waals surface area contributed by atoms with Crippen LogP contribution in [0.25, 0.3) is 0 Å². The number of hydrogen-bond donors (Lipinski definition) is 1. The van der Waals surface area contributed by atoms with Gasteiger partial charge in [0.15, 0.2) is 5.15 Å². The van der Waals surface area contributed by atoms with E-state index in [0.29, 0.717) is 10.9 Å². The van der Waals surface area contributed by atoms with Gasteiger partial charge >= 0.3 is 0 Å². The summed E-state index contributed by atoms with van der Waals surface area (Å²) >= 11 is 5.69. The fourth-order valence-electron chi connectivity index (χ4n) is 1.62. The number of nitrogens with zero attached hydrogens (tertiary/aromatic N) is 2. The normalized spacial score (nSPS) is 25.6. The first kappa shape index (κ1) is 9.68. The number of rotatable bonds is 2. The number of aliphatic hydroxyl groups excluding tert-OH is 1. The maximum absolute atomic E-state index is 9.18. The molecule has 1 heterocycles. The fourth-order valence-corrected chi connectivity index (χ4v) is 1.76. The van der Waals surface area contributed by atoms with E-state index in [1.54, 1.807) is 13.2 Å². The van der Waals surface area contributed by atoms with Crippen LogP contribution < -0.4 is 4.74 Å². The van der Waals surface area contributed by atoms with Gasteiger partial charge in [0, 0.05) is 12.0 Å². The van der Waals surface area contributed by atoms with Gasteiger partial charge in [-0.2, -0.15) is 0 Å². The summed E-state index contributed by atoms with van der Waals surface area (Å²) in [6.45, 7) is 0. The summed E-state index contributed by atoms with van der Waals surface area (Å²) in [5.41, 5.74) is 0.794. The minimum atomic E-state index is -0.206. The largest absolute Gasteiger partial charge is 0.495 e. The Labute approximate surface area is 86.9 Å². The Morgan fingerprint density at radius 2 is 2.21 bits per heavy atom. The van der Waals surface area contributed by atoms with Crippen LogP contribution in [0.1, 0.15) is 24.5 Å². The maximum Gasteiger partial charge on any atom is 0.155 e. The monoisotopic (exact) mass is 214 g/mol. The molecular formula is C9H11ClN2O2. The molecule has 0 aliphatic heterocycles. The lowest BCUT2D eigenvalue weighted by Gasteiger charge is -2.31. The van der Waals surface area contributed by atoms with E-state index in [2.05, 4.69) is 10.2 Å². The predicted octanol–water partition coefficient (Wildman–Crippen LogP) is 1.38. The van der Waals surface area contributed by atoms with E-state index in [1.165, 1.54) is 0 Å². The average Bonchev–Trinajstić information content (AvgIpc) is 2.13. The molecule has 5 heteroatoms. The molecular weight excluding hydrogens is 204 g/mol. The van der Waals surface area contributed by atoms with Gasteiger partial charge in [-0.25, -0.2) is 0 Å². The summed E-state index contributed by atoms with van der Waals surface area (Å²) in [5.74, 6) is 0.909. The number of aliphatic hydroxyl groups is 1. The Hall–Kier alpha value is -0.870. The van der Waals surface area contributed by atoms with Crippen LogP contribution in [0.4, 0.5) is 0 Å². The van der Waals surface area contributed by atoms with Crippen molar-refractivity contribution < 1.29 is 9.84 Å². The Kier molecular flexibility index (Phi) is 2.56. The van der Waals surface area contributed by atoms with Crippen molar-refractivity contribution in [2.45, 2.75) is 24.9 Å². The van der Waals surface area contributed by atoms with Crippen LogP contribution >= 0.6 is 11.6 Å². The number of aromatic nitrogens is 2. The predicted molar refractivity (Wildman–Crippen MR) is 51.6 cm³/mol. The molecule has 1 aliphatic carbocycles. The highest BCUT2D eigenvalue weighted by molar-refractivity contribution is 6.29. The first-order valence-electron chi connectivity index (χ1n) is 4.46. The highest BCUT2D eigenvalue weighted by atomic mass is 35.5. The third-order valence-corrected chi connectivity index (χ3v) is 2.66. The molecule has 1 saturated carbocycles. The second kappa shape index (κ2) is 3.71. The molecule has 0 aromatic carbocycles. The van der Waals surface area contributed by atoms with Crippen molar-refractivity contribution >= 4 is 11.6 Å². The van der Waals surface area contributed by atoms with Crippen molar-refractivity contribution in [3.8, 4) is 5.75 Å². The number of methoxy groups -OCH3 is 1. The number of hydrogen-bond acceptors (Lipinski definition) is 4. The Morgan fingerprint density at radius 1 is 1.50 bits per heavy atom. The first-order valence-corrected chi connectivity index (χ1v) is 4.83. The van der Waals surface area contributed by atoms with Gasteiger partial charge in [0.2, 0.25) is 0 Å². The summed E-state index contributed by atoms with van der Waals surface area (Å²) in [4.78, 5) is 0. The third-order valence-electron chi connectivity index (χ3n) is 2.48. The second-order valence-electron chi connectivity index (χ2n) is 3.44. The molecule has 0 unspecified atom stereocenters. The molecule has 0 atom stereocenters. The average molecular weight is 215 g/mol. The van der Waals surface area contributed by atoms with Crippen LogP contribution in [-0.2, 0) is 0 Å². The second-order valence-corrected chi connectivity index (χ2v) is 3.83. The molecule has 1 aromatic heterocycles. The minimum absolute atomic E-state index is 0.206. The summed E-state index contributed by atoms with van der Waals surface area (Å²) < 4.78 is 5.15. The van der Waals surface area contributed by atoms with Crippen molar-refractivity contribution in [2.75, 3.05) is 7.11 Å². The zero-order valence-corrected chi connectivity index (χ0v) is 8.53. The number of halogens is 1. The number of ether oxygens (including phenoxy) is 1. The van der Waals surface area contributed by atoms with Gasteiger partial charge in [-0.15, -0.1) is 10.2 Å². The molecule has 0 amide bonds. The van der Waals surface area contributed by atoms with E-state index in [-0.39, 0.29) is 12.0 Å². The lowest BCUT2D eigenvalue weighted by molar-refractivity contribution is 0.0719. The van der Waals surface area contributed by atoms with Crippen molar-refractivity contribution in [3.05, 3.63) is 16.9 Å². The zero-order chi connectivity index (χ0) is 10.1. The molecule has 2 rings (SSSR count). The van der Waals surface area contributed by atoms with Gasteiger partial charge in [0.25, 0.3) is 0 Å². The lowest BCUT2D eigenvalue weighted by atomic mass is 9.80. The van der Waals surface area contributed by atoms with E-state index >= 15 is 0 Å².